The van der Waals surface area contributed by atoms with Crippen molar-refractivity contribution in [1.29, 1.82) is 0 Å². The molecule has 6 heteroatoms. The van der Waals surface area contributed by atoms with Crippen LogP contribution in [0.1, 0.15) is 5.56 Å². The van der Waals surface area contributed by atoms with E-state index in [0.29, 0.717) is 50.4 Å². The predicted octanol–water partition coefficient (Wildman–Crippen LogP) is 2.29. The zero-order valence-electron chi connectivity index (χ0n) is 12.0. The first-order valence-electron chi connectivity index (χ1n) is 6.48. The third-order valence-corrected chi connectivity index (χ3v) is 2.91. The number of rotatable bonds is 10. The highest BCUT2D eigenvalue weighted by Gasteiger charge is 2.04. The number of nitrogens with two attached hydrogens (primary N) is 1. The number of hydrogen-bond acceptors (Lipinski definition) is 5. The summed E-state index contributed by atoms with van der Waals surface area (Å²) in [7, 11) is 1.64. The molecule has 0 spiro atoms. The van der Waals surface area contributed by atoms with Gasteiger partial charge in [0.15, 0.2) is 0 Å². The summed E-state index contributed by atoms with van der Waals surface area (Å²) in [5.41, 5.74) is 7.21. The van der Waals surface area contributed by atoms with Gasteiger partial charge in [-0.15, -0.1) is 0 Å². The van der Waals surface area contributed by atoms with Gasteiger partial charge in [0.1, 0.15) is 12.4 Å². The van der Waals surface area contributed by atoms with Crippen LogP contribution in [0.3, 0.4) is 0 Å². The predicted molar refractivity (Wildman–Crippen MR) is 79.6 cm³/mol. The maximum atomic E-state index is 5.95. The Hall–Kier alpha value is -1.01. The summed E-state index contributed by atoms with van der Waals surface area (Å²) in [5, 5.41) is 0.498. The fourth-order valence-electron chi connectivity index (χ4n) is 1.52. The molecule has 0 saturated carbocycles. The zero-order chi connectivity index (χ0) is 14.8. The van der Waals surface area contributed by atoms with Gasteiger partial charge < -0.3 is 24.7 Å². The lowest BCUT2D eigenvalue weighted by Crippen LogP contribution is -2.12. The first-order chi connectivity index (χ1) is 9.65. The monoisotopic (exact) mass is 303 g/mol. The Labute approximate surface area is 124 Å². The van der Waals surface area contributed by atoms with Gasteiger partial charge >= 0.3 is 0 Å². The number of benzene rings is 1. The molecule has 0 radical (unpaired) electrons. The minimum absolute atomic E-state index is 0.457. The van der Waals surface area contributed by atoms with Crippen molar-refractivity contribution in [3.05, 3.63) is 22.7 Å². The van der Waals surface area contributed by atoms with Gasteiger partial charge in [0.05, 0.1) is 43.7 Å². The number of halogens is 1. The molecule has 20 heavy (non-hydrogen) atoms. The van der Waals surface area contributed by atoms with Crippen molar-refractivity contribution in [3.63, 3.8) is 0 Å². The summed E-state index contributed by atoms with van der Waals surface area (Å²) < 4.78 is 21.1. The van der Waals surface area contributed by atoms with Gasteiger partial charge in [-0.25, -0.2) is 0 Å². The van der Waals surface area contributed by atoms with E-state index in [-0.39, 0.29) is 0 Å². The zero-order valence-corrected chi connectivity index (χ0v) is 12.7. The van der Waals surface area contributed by atoms with Gasteiger partial charge in [-0.1, -0.05) is 11.6 Å². The van der Waals surface area contributed by atoms with E-state index in [0.717, 1.165) is 11.3 Å². The number of anilines is 1. The van der Waals surface area contributed by atoms with Crippen LogP contribution in [0, 0.1) is 6.92 Å². The molecule has 2 N–H and O–H groups in total. The van der Waals surface area contributed by atoms with Crippen LogP contribution in [0.15, 0.2) is 12.1 Å². The Morgan fingerprint density at radius 2 is 1.60 bits per heavy atom. The molecule has 0 atom stereocenters. The van der Waals surface area contributed by atoms with Crippen LogP contribution in [-0.4, -0.2) is 46.8 Å². The fraction of sp³-hybridized carbons (Fsp3) is 0.571. The second-order valence-corrected chi connectivity index (χ2v) is 4.61. The van der Waals surface area contributed by atoms with Gasteiger partial charge in [0.25, 0.3) is 0 Å². The SMILES string of the molecule is COCCOCCOCCOc1cc(Cl)c(N)cc1C. The molecule has 0 aliphatic heterocycles. The van der Waals surface area contributed by atoms with E-state index in [1.54, 1.807) is 19.2 Å². The summed E-state index contributed by atoms with van der Waals surface area (Å²) in [6.07, 6.45) is 0. The molecule has 5 nitrogen and oxygen atoms in total. The van der Waals surface area contributed by atoms with Gasteiger partial charge in [0.2, 0.25) is 0 Å². The molecule has 1 aromatic carbocycles. The second-order valence-electron chi connectivity index (χ2n) is 4.21. The molecule has 0 unspecified atom stereocenters. The first kappa shape index (κ1) is 17.0. The summed E-state index contributed by atoms with van der Waals surface area (Å²) in [6, 6.07) is 3.52. The highest BCUT2D eigenvalue weighted by atomic mass is 35.5. The highest BCUT2D eigenvalue weighted by molar-refractivity contribution is 6.33. The maximum Gasteiger partial charge on any atom is 0.123 e. The summed E-state index contributed by atoms with van der Waals surface area (Å²) in [5.74, 6) is 0.726. The summed E-state index contributed by atoms with van der Waals surface area (Å²) in [6.45, 7) is 5.14. The lowest BCUT2D eigenvalue weighted by molar-refractivity contribution is 0.0179. The Morgan fingerprint density at radius 1 is 1.00 bits per heavy atom. The third-order valence-electron chi connectivity index (χ3n) is 2.58. The number of aryl methyl sites for hydroxylation is 1. The topological polar surface area (TPSA) is 62.9 Å². The minimum Gasteiger partial charge on any atom is -0.491 e. The lowest BCUT2D eigenvalue weighted by atomic mass is 10.2. The van der Waals surface area contributed by atoms with Crippen LogP contribution in [0.4, 0.5) is 5.69 Å². The van der Waals surface area contributed by atoms with Crippen LogP contribution < -0.4 is 10.5 Å². The van der Waals surface area contributed by atoms with Crippen LogP contribution in [-0.2, 0) is 14.2 Å². The average Bonchev–Trinajstić information content (AvgIpc) is 2.42. The summed E-state index contributed by atoms with van der Waals surface area (Å²) in [4.78, 5) is 0. The largest absolute Gasteiger partial charge is 0.491 e. The molecular weight excluding hydrogens is 282 g/mol. The molecule has 0 aliphatic rings. The lowest BCUT2D eigenvalue weighted by Gasteiger charge is -2.11. The van der Waals surface area contributed by atoms with E-state index in [1.807, 2.05) is 6.92 Å². The van der Waals surface area contributed by atoms with Crippen molar-refractivity contribution < 1.29 is 18.9 Å². The molecule has 1 aromatic rings. The van der Waals surface area contributed by atoms with Crippen molar-refractivity contribution in [2.45, 2.75) is 6.92 Å². The second kappa shape index (κ2) is 9.83. The van der Waals surface area contributed by atoms with Gasteiger partial charge in [-0.3, -0.25) is 0 Å². The van der Waals surface area contributed by atoms with Crippen molar-refractivity contribution >= 4 is 17.3 Å². The van der Waals surface area contributed by atoms with E-state index in [1.165, 1.54) is 0 Å². The molecule has 0 heterocycles. The van der Waals surface area contributed by atoms with E-state index in [2.05, 4.69) is 0 Å². The molecular formula is C14H22ClNO4. The molecule has 114 valence electrons. The molecule has 0 aromatic heterocycles. The quantitative estimate of drug-likeness (QED) is 0.531. The summed E-state index contributed by atoms with van der Waals surface area (Å²) >= 11 is 5.95. The number of ether oxygens (including phenoxy) is 4. The third kappa shape index (κ3) is 6.43. The van der Waals surface area contributed by atoms with Crippen LogP contribution in [0.25, 0.3) is 0 Å². The van der Waals surface area contributed by atoms with Crippen molar-refractivity contribution in [2.24, 2.45) is 0 Å². The number of nitrogen functional groups attached to an aromatic ring is 1. The van der Waals surface area contributed by atoms with Crippen LogP contribution in [0.5, 0.6) is 5.75 Å². The van der Waals surface area contributed by atoms with E-state index < -0.39 is 0 Å². The Kier molecular flexibility index (Phi) is 8.37. The fourth-order valence-corrected chi connectivity index (χ4v) is 1.67. The molecule has 0 aliphatic carbocycles. The van der Waals surface area contributed by atoms with Crippen LogP contribution >= 0.6 is 11.6 Å². The number of methoxy groups -OCH3 is 1. The average molecular weight is 304 g/mol. The highest BCUT2D eigenvalue weighted by Crippen LogP contribution is 2.28. The minimum atomic E-state index is 0.457. The first-order valence-corrected chi connectivity index (χ1v) is 6.85. The maximum absolute atomic E-state index is 5.95. The molecule has 0 bridgehead atoms. The van der Waals surface area contributed by atoms with Gasteiger partial charge in [-0.2, -0.15) is 0 Å². The van der Waals surface area contributed by atoms with E-state index in [4.69, 9.17) is 36.3 Å². The number of hydrogen-bond donors (Lipinski definition) is 1. The van der Waals surface area contributed by atoms with Gasteiger partial charge in [-0.05, 0) is 18.6 Å². The van der Waals surface area contributed by atoms with Crippen molar-refractivity contribution in [3.8, 4) is 5.75 Å². The van der Waals surface area contributed by atoms with Crippen molar-refractivity contribution in [2.75, 3.05) is 52.5 Å². The van der Waals surface area contributed by atoms with Gasteiger partial charge in [0, 0.05) is 13.2 Å². The van der Waals surface area contributed by atoms with Crippen LogP contribution in [0.2, 0.25) is 5.02 Å². The standard InChI is InChI=1S/C14H22ClNO4/c1-11-9-13(16)12(15)10-14(11)20-8-7-19-6-5-18-4-3-17-2/h9-10H,3-8,16H2,1-2H3. The smallest absolute Gasteiger partial charge is 0.123 e. The van der Waals surface area contributed by atoms with E-state index >= 15 is 0 Å². The molecule has 0 saturated heterocycles. The molecule has 0 amide bonds. The van der Waals surface area contributed by atoms with E-state index in [9.17, 15) is 0 Å². The molecule has 0 fully saturated rings. The Bertz CT molecular complexity index is 401. The normalized spacial score (nSPS) is 10.8. The van der Waals surface area contributed by atoms with Crippen molar-refractivity contribution in [1.82, 2.24) is 0 Å². The Balaban J connectivity index is 2.11. The molecule has 1 rings (SSSR count). The Morgan fingerprint density at radius 3 is 2.25 bits per heavy atom.